The first kappa shape index (κ1) is 38.3. The molecule has 1 N–H and O–H groups in total. The number of fused-ring (bicyclic) bond motifs is 1. The Morgan fingerprint density at radius 3 is 2.26 bits per heavy atom. The van der Waals surface area contributed by atoms with E-state index in [1.807, 2.05) is 24.3 Å². The highest BCUT2D eigenvalue weighted by atomic mass is 35.5. The van der Waals surface area contributed by atoms with Crippen molar-refractivity contribution in [1.82, 2.24) is 29.7 Å². The maximum Gasteiger partial charge on any atom is 0.303 e. The summed E-state index contributed by atoms with van der Waals surface area (Å²) in [4.78, 5) is 34.8. The van der Waals surface area contributed by atoms with Gasteiger partial charge in [0.15, 0.2) is 5.75 Å². The van der Waals surface area contributed by atoms with Crippen LogP contribution in [0.25, 0.3) is 11.3 Å². The van der Waals surface area contributed by atoms with Crippen LogP contribution in [0.4, 0.5) is 5.95 Å². The summed E-state index contributed by atoms with van der Waals surface area (Å²) in [6, 6.07) is 9.82. The summed E-state index contributed by atoms with van der Waals surface area (Å²) in [5, 5.41) is 10.2. The lowest BCUT2D eigenvalue weighted by Gasteiger charge is -2.46. The van der Waals surface area contributed by atoms with E-state index in [9.17, 15) is 4.79 Å². The Balaban J connectivity index is 0.00000192. The van der Waals surface area contributed by atoms with Crippen LogP contribution in [0.2, 0.25) is 10.0 Å². The summed E-state index contributed by atoms with van der Waals surface area (Å²) < 4.78 is 6.21. The van der Waals surface area contributed by atoms with Crippen molar-refractivity contribution in [3.63, 3.8) is 0 Å². The molecular weight excluding hydrogens is 696 g/mol. The van der Waals surface area contributed by atoms with Gasteiger partial charge in [0.25, 0.3) is 0 Å². The van der Waals surface area contributed by atoms with E-state index in [1.54, 1.807) is 18.5 Å². The topological polar surface area (TPSA) is 98.2 Å². The van der Waals surface area contributed by atoms with Crippen LogP contribution < -0.4 is 9.64 Å². The van der Waals surface area contributed by atoms with E-state index in [4.69, 9.17) is 38.0 Å². The molecule has 3 fully saturated rings. The number of hydrogen-bond donors (Lipinski definition) is 1. The lowest BCUT2D eigenvalue weighted by atomic mass is 9.93. The van der Waals surface area contributed by atoms with Crippen LogP contribution in [0, 0.1) is 5.92 Å². The zero-order valence-electron chi connectivity index (χ0n) is 25.6. The van der Waals surface area contributed by atoms with Crippen LogP contribution >= 0.6 is 60.4 Å². The number of halogens is 5. The number of pyridine rings is 1. The van der Waals surface area contributed by atoms with Gasteiger partial charge in [-0.1, -0.05) is 23.2 Å². The normalized spacial score (nSPS) is 19.3. The van der Waals surface area contributed by atoms with Gasteiger partial charge >= 0.3 is 5.97 Å². The van der Waals surface area contributed by atoms with E-state index < -0.39 is 5.97 Å². The average Bonchev–Trinajstić information content (AvgIpc) is 2.97. The maximum absolute atomic E-state index is 11.1. The number of piperazine rings is 2. The van der Waals surface area contributed by atoms with Crippen molar-refractivity contribution in [2.24, 2.45) is 5.92 Å². The minimum Gasteiger partial charge on any atom is -0.481 e. The Bertz CT molecular complexity index is 1430. The fraction of sp³-hybridized carbons (Fsp3) is 0.484. The first-order valence-corrected chi connectivity index (χ1v) is 15.6. The fourth-order valence-corrected chi connectivity index (χ4v) is 6.87. The van der Waals surface area contributed by atoms with Crippen LogP contribution in [0.3, 0.4) is 0 Å². The molecule has 1 unspecified atom stereocenters. The van der Waals surface area contributed by atoms with Crippen molar-refractivity contribution in [3.05, 3.63) is 58.3 Å². The Labute approximate surface area is 298 Å². The minimum absolute atomic E-state index is 0. The number of piperidine rings is 1. The van der Waals surface area contributed by atoms with Gasteiger partial charge < -0.3 is 19.6 Å². The number of benzene rings is 1. The van der Waals surface area contributed by atoms with Gasteiger partial charge in [-0.25, -0.2) is 15.0 Å². The highest BCUT2D eigenvalue weighted by Crippen LogP contribution is 2.31. The molecule has 3 aliphatic heterocycles. The number of aromatic nitrogens is 3. The lowest BCUT2D eigenvalue weighted by molar-refractivity contribution is -0.138. The Morgan fingerprint density at radius 2 is 1.59 bits per heavy atom. The van der Waals surface area contributed by atoms with Gasteiger partial charge in [-0.15, -0.1) is 37.2 Å². The van der Waals surface area contributed by atoms with Crippen molar-refractivity contribution < 1.29 is 14.6 Å². The number of aliphatic carboxylic acids is 1. The van der Waals surface area contributed by atoms with E-state index in [0.717, 1.165) is 76.3 Å². The molecule has 1 atom stereocenters. The third-order valence-electron chi connectivity index (χ3n) is 8.61. The number of ether oxygens (including phenoxy) is 1. The SMILES string of the molecule is CN1CCN2CCN(c3ncc(Oc4cc(CN5CCC(CC(=O)O)CC5)cc(-c5cc(Cl)cc(Cl)c5)n4)cn3)CC2C1.Cl.Cl.Cl. The second kappa shape index (κ2) is 17.3. The number of rotatable bonds is 8. The summed E-state index contributed by atoms with van der Waals surface area (Å²) >= 11 is 12.6. The largest absolute Gasteiger partial charge is 0.481 e. The number of anilines is 1. The molecule has 3 saturated heterocycles. The second-order valence-corrected chi connectivity index (χ2v) is 12.8. The van der Waals surface area contributed by atoms with Crippen molar-refractivity contribution in [3.8, 4) is 22.9 Å². The molecule has 46 heavy (non-hydrogen) atoms. The maximum atomic E-state index is 11.1. The highest BCUT2D eigenvalue weighted by molar-refractivity contribution is 6.35. The average molecular weight is 736 g/mol. The van der Waals surface area contributed by atoms with Crippen LogP contribution in [0.15, 0.2) is 42.7 Å². The first-order chi connectivity index (χ1) is 20.8. The standard InChI is InChI=1S/C31H37Cl2N7O3.3ClH/c1-37-6-7-39-8-9-40(20-26(39)19-37)31-34-16-27(17-35-31)43-29-11-22(18-38-4-2-21(3-5-38)12-30(41)42)10-28(36-29)23-13-24(32)15-25(33)14-23;;;/h10-11,13-17,21,26H,2-9,12,18-20H2,1H3,(H,41,42);3*1H. The molecule has 0 amide bonds. The van der Waals surface area contributed by atoms with Gasteiger partial charge in [-0.05, 0) is 68.7 Å². The van der Waals surface area contributed by atoms with Crippen LogP contribution in [-0.4, -0.2) is 106 Å². The summed E-state index contributed by atoms with van der Waals surface area (Å²) in [7, 11) is 2.18. The predicted molar refractivity (Wildman–Crippen MR) is 189 cm³/mol. The molecule has 0 radical (unpaired) electrons. The Morgan fingerprint density at radius 1 is 0.913 bits per heavy atom. The zero-order chi connectivity index (χ0) is 29.9. The highest BCUT2D eigenvalue weighted by Gasteiger charge is 2.32. The van der Waals surface area contributed by atoms with Crippen LogP contribution in [0.5, 0.6) is 11.6 Å². The number of likely N-dealkylation sites (N-methyl/N-ethyl adjacent to an activating group) is 1. The molecule has 1 aromatic carbocycles. The van der Waals surface area contributed by atoms with Gasteiger partial charge in [0.1, 0.15) is 0 Å². The molecule has 3 aliphatic rings. The monoisotopic (exact) mass is 733 g/mol. The van der Waals surface area contributed by atoms with E-state index in [-0.39, 0.29) is 49.6 Å². The van der Waals surface area contributed by atoms with Crippen molar-refractivity contribution in [2.45, 2.75) is 31.8 Å². The zero-order valence-corrected chi connectivity index (χ0v) is 29.5. The van der Waals surface area contributed by atoms with Crippen molar-refractivity contribution in [2.75, 3.05) is 64.3 Å². The molecule has 0 spiro atoms. The summed E-state index contributed by atoms with van der Waals surface area (Å²) in [5.41, 5.74) is 2.52. The second-order valence-electron chi connectivity index (χ2n) is 11.9. The number of carboxylic acids is 1. The van der Waals surface area contributed by atoms with Gasteiger partial charge in [0.05, 0.1) is 18.1 Å². The van der Waals surface area contributed by atoms with E-state index in [0.29, 0.717) is 45.9 Å². The first-order valence-electron chi connectivity index (χ1n) is 14.9. The number of carbonyl (C=O) groups is 1. The number of nitrogens with zero attached hydrogens (tertiary/aromatic N) is 7. The number of carboxylic acid groups (broad SMARTS) is 1. The molecule has 10 nitrogen and oxygen atoms in total. The minimum atomic E-state index is -0.726. The molecule has 3 aromatic rings. The number of likely N-dealkylation sites (tertiary alicyclic amines) is 1. The van der Waals surface area contributed by atoms with Gasteiger partial charge in [-0.2, -0.15) is 0 Å². The van der Waals surface area contributed by atoms with Crippen LogP contribution in [-0.2, 0) is 11.3 Å². The molecule has 0 saturated carbocycles. The molecule has 252 valence electrons. The molecule has 5 heterocycles. The molecule has 2 aromatic heterocycles. The van der Waals surface area contributed by atoms with Gasteiger partial charge in [-0.3, -0.25) is 14.6 Å². The molecule has 6 rings (SSSR count). The third-order valence-corrected chi connectivity index (χ3v) is 9.05. The van der Waals surface area contributed by atoms with Gasteiger partial charge in [0, 0.05) is 80.0 Å². The molecule has 15 heteroatoms. The van der Waals surface area contributed by atoms with E-state index >= 15 is 0 Å². The van der Waals surface area contributed by atoms with Crippen molar-refractivity contribution in [1.29, 1.82) is 0 Å². The lowest BCUT2D eigenvalue weighted by Crippen LogP contribution is -2.61. The van der Waals surface area contributed by atoms with Crippen molar-refractivity contribution >= 4 is 72.3 Å². The summed E-state index contributed by atoms with van der Waals surface area (Å²) in [6.45, 7) is 8.50. The summed E-state index contributed by atoms with van der Waals surface area (Å²) in [5.74, 6) is 1.15. The summed E-state index contributed by atoms with van der Waals surface area (Å²) in [6.07, 6.45) is 5.38. The fourth-order valence-electron chi connectivity index (χ4n) is 6.34. The smallest absolute Gasteiger partial charge is 0.303 e. The molecule has 0 aliphatic carbocycles. The molecular formula is C31H40Cl5N7O3. The molecule has 0 bridgehead atoms. The number of hydrogen-bond acceptors (Lipinski definition) is 9. The van der Waals surface area contributed by atoms with Gasteiger partial charge in [0.2, 0.25) is 11.8 Å². The van der Waals surface area contributed by atoms with E-state index in [2.05, 4.69) is 36.6 Å². The predicted octanol–water partition coefficient (Wildman–Crippen LogP) is 6.03. The Hall–Kier alpha value is -2.15. The van der Waals surface area contributed by atoms with E-state index in [1.165, 1.54) is 0 Å². The Kier molecular flexibility index (Phi) is 14.4. The van der Waals surface area contributed by atoms with Crippen LogP contribution in [0.1, 0.15) is 24.8 Å². The third kappa shape index (κ3) is 9.93. The quantitative estimate of drug-likeness (QED) is 0.296.